The third-order valence-electron chi connectivity index (χ3n) is 4.18. The molecule has 1 atom stereocenters. The molecule has 5 nitrogen and oxygen atoms in total. The molecule has 0 aromatic heterocycles. The molecule has 0 spiro atoms. The molecular weight excluding hydrogens is 387 g/mol. The van der Waals surface area contributed by atoms with Gasteiger partial charge in [-0.25, -0.2) is 9.18 Å². The van der Waals surface area contributed by atoms with Crippen LogP contribution in [0.5, 0.6) is 5.75 Å². The van der Waals surface area contributed by atoms with E-state index in [4.69, 9.17) is 18.9 Å². The molecule has 156 valence electrons. The summed E-state index contributed by atoms with van der Waals surface area (Å²) in [7, 11) is 0. The number of aryl methyl sites for hydroxylation is 1. The summed E-state index contributed by atoms with van der Waals surface area (Å²) < 4.78 is 35.5. The molecule has 0 heterocycles. The first-order chi connectivity index (χ1) is 14.6. The van der Waals surface area contributed by atoms with Gasteiger partial charge in [0.15, 0.2) is 18.4 Å². The highest BCUT2D eigenvalue weighted by Gasteiger charge is 2.23. The van der Waals surface area contributed by atoms with E-state index in [-0.39, 0.29) is 25.8 Å². The largest absolute Gasteiger partial charge is 0.464 e. The van der Waals surface area contributed by atoms with Crippen LogP contribution in [0.15, 0.2) is 78.9 Å². The zero-order chi connectivity index (χ0) is 21.2. The summed E-state index contributed by atoms with van der Waals surface area (Å²) in [6.07, 6.45) is -1.32. The van der Waals surface area contributed by atoms with Crippen LogP contribution in [0.25, 0.3) is 0 Å². The maximum absolute atomic E-state index is 13.9. The fraction of sp³-hybridized carbons (Fsp3) is 0.208. The Hall–Kier alpha value is -3.22. The minimum absolute atomic E-state index is 0.0278. The van der Waals surface area contributed by atoms with Crippen LogP contribution in [0.1, 0.15) is 16.7 Å². The molecule has 0 N–H and O–H groups in total. The van der Waals surface area contributed by atoms with Crippen molar-refractivity contribution in [2.75, 3.05) is 6.79 Å². The maximum atomic E-state index is 13.9. The molecule has 3 aromatic carbocycles. The first-order valence-corrected chi connectivity index (χ1v) is 9.48. The van der Waals surface area contributed by atoms with Gasteiger partial charge in [-0.1, -0.05) is 66.7 Å². The third kappa shape index (κ3) is 6.69. The Morgan fingerprint density at radius 2 is 1.50 bits per heavy atom. The monoisotopic (exact) mass is 410 g/mol. The van der Waals surface area contributed by atoms with E-state index in [0.29, 0.717) is 0 Å². The Morgan fingerprint density at radius 3 is 2.13 bits per heavy atom. The smallest absolute Gasteiger partial charge is 0.363 e. The highest BCUT2D eigenvalue weighted by Crippen LogP contribution is 2.18. The summed E-state index contributed by atoms with van der Waals surface area (Å²) in [5.41, 5.74) is 2.48. The van der Waals surface area contributed by atoms with Gasteiger partial charge in [0.2, 0.25) is 0 Å². The van der Waals surface area contributed by atoms with Gasteiger partial charge in [-0.15, -0.1) is 0 Å². The van der Waals surface area contributed by atoms with Crippen LogP contribution in [0.2, 0.25) is 0 Å². The van der Waals surface area contributed by atoms with Crippen molar-refractivity contribution in [3.05, 3.63) is 101 Å². The minimum atomic E-state index is -1.32. The molecule has 0 saturated heterocycles. The number of carbonyl (C=O) groups is 1. The summed E-state index contributed by atoms with van der Waals surface area (Å²) in [6, 6.07) is 23.2. The van der Waals surface area contributed by atoms with Crippen molar-refractivity contribution < 1.29 is 28.1 Å². The molecule has 0 saturated carbocycles. The van der Waals surface area contributed by atoms with Crippen LogP contribution in [-0.4, -0.2) is 19.1 Å². The van der Waals surface area contributed by atoms with Gasteiger partial charge >= 0.3 is 5.97 Å². The van der Waals surface area contributed by atoms with Gasteiger partial charge < -0.3 is 18.9 Å². The molecule has 0 aliphatic rings. The molecule has 3 rings (SSSR count). The molecule has 0 fully saturated rings. The van der Waals surface area contributed by atoms with Gasteiger partial charge in [0.1, 0.15) is 6.61 Å². The van der Waals surface area contributed by atoms with E-state index in [1.807, 2.05) is 60.7 Å². The summed E-state index contributed by atoms with van der Waals surface area (Å²) in [5, 5.41) is 0. The molecule has 0 amide bonds. The van der Waals surface area contributed by atoms with Crippen LogP contribution in [0, 0.1) is 12.7 Å². The van der Waals surface area contributed by atoms with Crippen LogP contribution >= 0.6 is 0 Å². The lowest BCUT2D eigenvalue weighted by Gasteiger charge is -2.18. The Labute approximate surface area is 175 Å². The second-order valence-corrected chi connectivity index (χ2v) is 6.58. The predicted octanol–water partition coefficient (Wildman–Crippen LogP) is 4.77. The molecule has 30 heavy (non-hydrogen) atoms. The van der Waals surface area contributed by atoms with Gasteiger partial charge in [0, 0.05) is 0 Å². The van der Waals surface area contributed by atoms with Crippen molar-refractivity contribution in [1.29, 1.82) is 0 Å². The summed E-state index contributed by atoms with van der Waals surface area (Å²) >= 11 is 0. The molecule has 3 aromatic rings. The average Bonchev–Trinajstić information content (AvgIpc) is 2.77. The van der Waals surface area contributed by atoms with Crippen molar-refractivity contribution in [2.45, 2.75) is 26.4 Å². The van der Waals surface area contributed by atoms with Crippen molar-refractivity contribution >= 4 is 5.97 Å². The molecule has 0 radical (unpaired) electrons. The number of halogens is 1. The average molecular weight is 410 g/mol. The Balaban J connectivity index is 1.58. The number of benzene rings is 3. The van der Waals surface area contributed by atoms with E-state index in [9.17, 15) is 9.18 Å². The number of hydrogen-bond donors (Lipinski definition) is 0. The molecule has 0 bridgehead atoms. The SMILES string of the molecule is Cc1ccc(OCOC(OCc2ccccc2)C(=O)OCc2ccccc2)c(F)c1. The topological polar surface area (TPSA) is 54.0 Å². The third-order valence-corrected chi connectivity index (χ3v) is 4.18. The van der Waals surface area contributed by atoms with Crippen molar-refractivity contribution in [1.82, 2.24) is 0 Å². The number of rotatable bonds is 10. The quantitative estimate of drug-likeness (QED) is 0.356. The Morgan fingerprint density at radius 1 is 0.867 bits per heavy atom. The van der Waals surface area contributed by atoms with Crippen LogP contribution < -0.4 is 4.74 Å². The van der Waals surface area contributed by atoms with E-state index >= 15 is 0 Å². The van der Waals surface area contributed by atoms with Gasteiger partial charge in [-0.05, 0) is 35.7 Å². The van der Waals surface area contributed by atoms with E-state index in [1.54, 1.807) is 13.0 Å². The van der Waals surface area contributed by atoms with Crippen LogP contribution in [-0.2, 0) is 32.2 Å². The lowest BCUT2D eigenvalue weighted by molar-refractivity contribution is -0.212. The summed E-state index contributed by atoms with van der Waals surface area (Å²) in [6.45, 7) is 1.63. The van der Waals surface area contributed by atoms with Gasteiger partial charge in [-0.3, -0.25) is 0 Å². The van der Waals surface area contributed by atoms with E-state index in [1.165, 1.54) is 12.1 Å². The maximum Gasteiger partial charge on any atom is 0.363 e. The minimum Gasteiger partial charge on any atom is -0.464 e. The normalized spacial score (nSPS) is 11.7. The van der Waals surface area contributed by atoms with Gasteiger partial charge in [0.25, 0.3) is 6.29 Å². The number of carbonyl (C=O) groups excluding carboxylic acids is 1. The zero-order valence-corrected chi connectivity index (χ0v) is 16.6. The standard InChI is InChI=1S/C24H23FO5/c1-18-12-13-22(21(25)14-18)29-17-30-24(28-16-20-10-6-3-7-11-20)23(26)27-15-19-8-4-2-5-9-19/h2-14,24H,15-17H2,1H3. The lowest BCUT2D eigenvalue weighted by Crippen LogP contribution is -2.31. The molecule has 6 heteroatoms. The van der Waals surface area contributed by atoms with Gasteiger partial charge in [-0.2, -0.15) is 0 Å². The highest BCUT2D eigenvalue weighted by molar-refractivity contribution is 5.73. The van der Waals surface area contributed by atoms with E-state index in [0.717, 1.165) is 16.7 Å². The first-order valence-electron chi connectivity index (χ1n) is 9.48. The van der Waals surface area contributed by atoms with Crippen molar-refractivity contribution in [3.63, 3.8) is 0 Å². The van der Waals surface area contributed by atoms with Crippen molar-refractivity contribution in [2.24, 2.45) is 0 Å². The Kier molecular flexibility index (Phi) is 7.94. The lowest BCUT2D eigenvalue weighted by atomic mass is 10.2. The van der Waals surface area contributed by atoms with Gasteiger partial charge in [0.05, 0.1) is 6.61 Å². The highest BCUT2D eigenvalue weighted by atomic mass is 19.1. The molecular formula is C24H23FO5. The molecule has 0 aliphatic heterocycles. The van der Waals surface area contributed by atoms with E-state index in [2.05, 4.69) is 0 Å². The van der Waals surface area contributed by atoms with E-state index < -0.39 is 18.1 Å². The fourth-order valence-corrected chi connectivity index (χ4v) is 2.61. The summed E-state index contributed by atoms with van der Waals surface area (Å²) in [5.74, 6) is -1.17. The first kappa shape index (κ1) is 21.5. The predicted molar refractivity (Wildman–Crippen MR) is 109 cm³/mol. The van der Waals surface area contributed by atoms with Crippen molar-refractivity contribution in [3.8, 4) is 5.75 Å². The second-order valence-electron chi connectivity index (χ2n) is 6.58. The molecule has 1 unspecified atom stereocenters. The second kappa shape index (κ2) is 11.1. The fourth-order valence-electron chi connectivity index (χ4n) is 2.61. The summed E-state index contributed by atoms with van der Waals surface area (Å²) in [4.78, 5) is 12.5. The van der Waals surface area contributed by atoms with Crippen LogP contribution in [0.3, 0.4) is 0 Å². The number of esters is 1. The number of ether oxygens (including phenoxy) is 4. The Bertz CT molecular complexity index is 931. The zero-order valence-electron chi connectivity index (χ0n) is 16.6. The van der Waals surface area contributed by atoms with Crippen LogP contribution in [0.4, 0.5) is 4.39 Å². The number of hydrogen-bond acceptors (Lipinski definition) is 5. The molecule has 0 aliphatic carbocycles.